The predicted molar refractivity (Wildman–Crippen MR) is 206 cm³/mol. The molecule has 4 N–H and O–H groups in total. The van der Waals surface area contributed by atoms with Crippen molar-refractivity contribution < 1.29 is 42.7 Å². The summed E-state index contributed by atoms with van der Waals surface area (Å²) in [7, 11) is 0. The van der Waals surface area contributed by atoms with Crippen LogP contribution in [0.3, 0.4) is 0 Å². The van der Waals surface area contributed by atoms with Gasteiger partial charge in [0.2, 0.25) is 29.5 Å². The van der Waals surface area contributed by atoms with Crippen LogP contribution in [0.1, 0.15) is 63.5 Å². The highest BCUT2D eigenvalue weighted by molar-refractivity contribution is 6.30. The monoisotopic (exact) mass is 809 g/mol. The van der Waals surface area contributed by atoms with Crippen molar-refractivity contribution in [2.75, 3.05) is 31.6 Å². The van der Waals surface area contributed by atoms with Gasteiger partial charge in [0.05, 0.1) is 5.69 Å². The molecule has 0 aliphatic carbocycles. The number of fused-ring (bicyclic) bond motifs is 3. The number of esters is 1. The Kier molecular flexibility index (Phi) is 13.0. The first-order valence-electron chi connectivity index (χ1n) is 19.5. The fourth-order valence-corrected chi connectivity index (χ4v) is 8.34. The molecule has 2 aromatic carbocycles. The molecule has 4 heterocycles. The van der Waals surface area contributed by atoms with Crippen molar-refractivity contribution in [2.45, 2.75) is 102 Å². The topological polar surface area (TPSA) is 187 Å². The van der Waals surface area contributed by atoms with E-state index in [-0.39, 0.29) is 49.1 Å². The number of urea groups is 1. The standard InChI is InChI=1S/C40H49ClFN7O8/c1-22-8-6-9-25(16-22)18-29(46-40(56)45-28-13-12-26(41)19-27(28)42)34(50)44-30-21-57-39(55)33-17-23(2)20-49(33)36(52)24(3)43-35(51)31-10-4-5-14-47(31)38(54)32-11-7-15-48(32)37(30)53/h6,8-9,12-13,16,19,23-24,29-33H,4-5,7,10-11,14-15,17-18,20-21H2,1-3H3,(H,43,51)(H,44,50)(H2,45,46,56)/t23-,24-,29-,30-,31-,32-,33-/m0/s1. The van der Waals surface area contributed by atoms with Crippen LogP contribution >= 0.6 is 11.6 Å². The van der Waals surface area contributed by atoms with Crippen LogP contribution < -0.4 is 21.3 Å². The van der Waals surface area contributed by atoms with E-state index in [0.717, 1.165) is 11.6 Å². The summed E-state index contributed by atoms with van der Waals surface area (Å²) in [5, 5.41) is 10.5. The number of benzene rings is 2. The van der Waals surface area contributed by atoms with Crippen LogP contribution in [0.25, 0.3) is 0 Å². The molecule has 7 amide bonds. The lowest BCUT2D eigenvalue weighted by atomic mass is 9.99. The van der Waals surface area contributed by atoms with Crippen molar-refractivity contribution in [1.29, 1.82) is 0 Å². The molecule has 0 saturated carbocycles. The Bertz CT molecular complexity index is 1920. The van der Waals surface area contributed by atoms with Crippen molar-refractivity contribution in [3.8, 4) is 0 Å². The molecule has 0 bridgehead atoms. The number of carbonyl (C=O) groups excluding carboxylic acids is 7. The molecule has 4 saturated heterocycles. The van der Waals surface area contributed by atoms with Gasteiger partial charge in [-0.15, -0.1) is 0 Å². The maximum Gasteiger partial charge on any atom is 0.328 e. The molecule has 4 aliphatic rings. The molecule has 6 rings (SSSR count). The van der Waals surface area contributed by atoms with E-state index in [1.54, 1.807) is 19.1 Å². The second-order valence-electron chi connectivity index (χ2n) is 15.5. The van der Waals surface area contributed by atoms with Crippen molar-refractivity contribution in [2.24, 2.45) is 5.92 Å². The van der Waals surface area contributed by atoms with Gasteiger partial charge in [-0.25, -0.2) is 14.0 Å². The zero-order valence-corrected chi connectivity index (χ0v) is 33.0. The lowest BCUT2D eigenvalue weighted by molar-refractivity contribution is -0.158. The van der Waals surface area contributed by atoms with Gasteiger partial charge >= 0.3 is 12.0 Å². The summed E-state index contributed by atoms with van der Waals surface area (Å²) in [6.07, 6.45) is 2.73. The minimum atomic E-state index is -1.51. The van der Waals surface area contributed by atoms with E-state index in [4.69, 9.17) is 16.3 Å². The molecule has 306 valence electrons. The summed E-state index contributed by atoms with van der Waals surface area (Å²) in [5.74, 6) is -4.58. The number of hydrogen-bond acceptors (Lipinski definition) is 8. The van der Waals surface area contributed by atoms with Crippen LogP contribution in [0.5, 0.6) is 0 Å². The molecule has 57 heavy (non-hydrogen) atoms. The quantitative estimate of drug-likeness (QED) is 0.321. The number of nitrogens with zero attached hydrogens (tertiary/aromatic N) is 3. The second-order valence-corrected chi connectivity index (χ2v) is 15.9. The first-order chi connectivity index (χ1) is 27.2. The highest BCUT2D eigenvalue weighted by Crippen LogP contribution is 2.28. The highest BCUT2D eigenvalue weighted by atomic mass is 35.5. The summed E-state index contributed by atoms with van der Waals surface area (Å²) < 4.78 is 20.3. The van der Waals surface area contributed by atoms with Crippen LogP contribution in [-0.4, -0.2) is 119 Å². The molecule has 7 atom stereocenters. The van der Waals surface area contributed by atoms with Crippen LogP contribution in [0.2, 0.25) is 5.02 Å². The van der Waals surface area contributed by atoms with Crippen molar-refractivity contribution in [3.63, 3.8) is 0 Å². The number of nitrogens with one attached hydrogen (secondary N) is 4. The average Bonchev–Trinajstić information content (AvgIpc) is 3.83. The lowest BCUT2D eigenvalue weighted by Gasteiger charge is -2.39. The van der Waals surface area contributed by atoms with Crippen molar-refractivity contribution in [3.05, 3.63) is 64.4 Å². The molecule has 4 aliphatic heterocycles. The van der Waals surface area contributed by atoms with Gasteiger partial charge in [0.15, 0.2) is 0 Å². The number of ether oxygens (including phenoxy) is 1. The van der Waals surface area contributed by atoms with Crippen LogP contribution in [0.4, 0.5) is 14.9 Å². The molecular weight excluding hydrogens is 761 g/mol. The van der Waals surface area contributed by atoms with Crippen LogP contribution in [-0.2, 0) is 39.9 Å². The molecule has 0 unspecified atom stereocenters. The summed E-state index contributed by atoms with van der Waals surface area (Å²) in [5.41, 5.74) is 1.37. The number of rotatable bonds is 6. The van der Waals surface area contributed by atoms with Gasteiger partial charge < -0.3 is 40.7 Å². The summed E-state index contributed by atoms with van der Waals surface area (Å²) >= 11 is 5.87. The van der Waals surface area contributed by atoms with Crippen LogP contribution in [0, 0.1) is 18.7 Å². The van der Waals surface area contributed by atoms with E-state index < -0.39 is 90.2 Å². The number of aryl methyl sites for hydroxylation is 1. The fraction of sp³-hybridized carbons (Fsp3) is 0.525. The van der Waals surface area contributed by atoms with Gasteiger partial charge in [0, 0.05) is 31.1 Å². The smallest absolute Gasteiger partial charge is 0.328 e. The Morgan fingerprint density at radius 1 is 0.912 bits per heavy atom. The van der Waals surface area contributed by atoms with Crippen LogP contribution in [0.15, 0.2) is 42.5 Å². The fourth-order valence-electron chi connectivity index (χ4n) is 8.18. The van der Waals surface area contributed by atoms with Crippen molar-refractivity contribution >= 4 is 58.8 Å². The Labute approximate surface area is 335 Å². The zero-order valence-electron chi connectivity index (χ0n) is 32.2. The van der Waals surface area contributed by atoms with Crippen molar-refractivity contribution in [1.82, 2.24) is 30.7 Å². The summed E-state index contributed by atoms with van der Waals surface area (Å²) in [6, 6.07) is 3.34. The first-order valence-corrected chi connectivity index (χ1v) is 19.8. The number of piperidine rings is 1. The first kappa shape index (κ1) is 41.4. The van der Waals surface area contributed by atoms with Gasteiger partial charge in [-0.1, -0.05) is 48.4 Å². The average molecular weight is 810 g/mol. The summed E-state index contributed by atoms with van der Waals surface area (Å²) in [4.78, 5) is 102. The molecule has 15 nitrogen and oxygen atoms in total. The number of hydrogen-bond donors (Lipinski definition) is 4. The Balaban J connectivity index is 1.31. The number of amides is 7. The SMILES string of the molecule is Cc1cccc(C[C@H](NC(=O)Nc2ccc(Cl)cc2F)C(=O)N[C@H]2COC(=O)[C@@H]3C[C@H](C)CN3C(=O)[C@H](C)NC(=O)[C@@H]3CCCCN3C(=O)[C@@H]3CCCN3C2=O)c1. The minimum Gasteiger partial charge on any atom is -0.461 e. The van der Waals surface area contributed by atoms with Gasteiger partial charge in [-0.05, 0) is 82.1 Å². The Morgan fingerprint density at radius 3 is 2.40 bits per heavy atom. The van der Waals surface area contributed by atoms with Gasteiger partial charge in [-0.3, -0.25) is 24.0 Å². The molecule has 0 spiro atoms. The molecule has 2 aromatic rings. The molecular formula is C40H49ClFN7O8. The van der Waals surface area contributed by atoms with E-state index in [1.807, 2.05) is 26.0 Å². The molecule has 0 aromatic heterocycles. The van der Waals surface area contributed by atoms with E-state index in [1.165, 1.54) is 26.8 Å². The Morgan fingerprint density at radius 2 is 1.65 bits per heavy atom. The van der Waals surface area contributed by atoms with E-state index >= 15 is 0 Å². The largest absolute Gasteiger partial charge is 0.461 e. The third-order valence-electron chi connectivity index (χ3n) is 11.0. The number of anilines is 1. The number of carbonyl (C=O) groups is 7. The predicted octanol–water partition coefficient (Wildman–Crippen LogP) is 2.68. The normalized spacial score (nSPS) is 26.5. The number of cyclic esters (lactones) is 1. The second kappa shape index (κ2) is 17.9. The zero-order chi connectivity index (χ0) is 41.0. The number of halogens is 2. The maximum atomic E-state index is 14.6. The van der Waals surface area contributed by atoms with E-state index in [2.05, 4.69) is 21.3 Å². The third-order valence-corrected chi connectivity index (χ3v) is 11.3. The molecule has 0 radical (unpaired) electrons. The van der Waals surface area contributed by atoms with Gasteiger partial charge in [-0.2, -0.15) is 0 Å². The molecule has 4 fully saturated rings. The molecule has 17 heteroatoms. The minimum absolute atomic E-state index is 0.0385. The maximum absolute atomic E-state index is 14.6. The lowest BCUT2D eigenvalue weighted by Crippen LogP contribution is -2.62. The van der Waals surface area contributed by atoms with E-state index in [9.17, 15) is 38.0 Å². The van der Waals surface area contributed by atoms with E-state index in [0.29, 0.717) is 37.7 Å². The third kappa shape index (κ3) is 9.66. The highest BCUT2D eigenvalue weighted by Gasteiger charge is 2.46. The van der Waals surface area contributed by atoms with Gasteiger partial charge in [0.25, 0.3) is 0 Å². The Hall–Kier alpha value is -5.25. The van der Waals surface area contributed by atoms with Gasteiger partial charge in [0.1, 0.15) is 48.7 Å². The summed E-state index contributed by atoms with van der Waals surface area (Å²) in [6.45, 7) is 5.33.